The van der Waals surface area contributed by atoms with Crippen LogP contribution >= 0.6 is 0 Å². The van der Waals surface area contributed by atoms with Crippen molar-refractivity contribution in [3.05, 3.63) is 0 Å². The first-order valence-corrected chi connectivity index (χ1v) is 11.7. The van der Waals surface area contributed by atoms with Crippen LogP contribution in [-0.2, 0) is 19.2 Å². The minimum Gasteiger partial charge on any atom is -0.368 e. The van der Waals surface area contributed by atoms with Crippen molar-refractivity contribution in [1.29, 1.82) is 0 Å². The van der Waals surface area contributed by atoms with Gasteiger partial charge in [0, 0.05) is 18.0 Å². The molecule has 9 nitrogen and oxygen atoms in total. The number of fused-ring (bicyclic) bond motifs is 1. The minimum absolute atomic E-state index is 0.0108. The molecule has 6 atom stereocenters. The fourth-order valence-electron chi connectivity index (χ4n) is 5.80. The summed E-state index contributed by atoms with van der Waals surface area (Å²) in [6.45, 7) is 10.4. The lowest BCUT2D eigenvalue weighted by Crippen LogP contribution is -2.59. The fourth-order valence-corrected chi connectivity index (χ4v) is 5.80. The second-order valence-electron chi connectivity index (χ2n) is 12.1. The first kappa shape index (κ1) is 23.0. The first-order chi connectivity index (χ1) is 14.7. The molecule has 0 aromatic rings. The lowest BCUT2D eigenvalue weighted by molar-refractivity contribution is -0.143. The molecular formula is C23H37N5O4. The quantitative estimate of drug-likeness (QED) is 0.448. The van der Waals surface area contributed by atoms with E-state index in [0.29, 0.717) is 13.0 Å². The average Bonchev–Trinajstić information content (AvgIpc) is 3.39. The molecule has 4 amide bonds. The summed E-state index contributed by atoms with van der Waals surface area (Å²) in [5.41, 5.74) is 11.2. The highest BCUT2D eigenvalue weighted by Gasteiger charge is 2.69. The number of piperidine rings is 1. The molecule has 4 rings (SSSR count). The summed E-state index contributed by atoms with van der Waals surface area (Å²) in [5, 5.41) is 5.79. The van der Waals surface area contributed by atoms with Gasteiger partial charge in [-0.05, 0) is 48.3 Å². The Labute approximate surface area is 189 Å². The van der Waals surface area contributed by atoms with Crippen LogP contribution in [0.2, 0.25) is 0 Å². The van der Waals surface area contributed by atoms with E-state index in [1.54, 1.807) is 4.90 Å². The molecular weight excluding hydrogens is 410 g/mol. The van der Waals surface area contributed by atoms with Crippen molar-refractivity contribution < 1.29 is 19.2 Å². The summed E-state index contributed by atoms with van der Waals surface area (Å²) in [5.74, 6) is -1.51. The summed E-state index contributed by atoms with van der Waals surface area (Å²) >= 11 is 0. The predicted molar refractivity (Wildman–Crippen MR) is 118 cm³/mol. The first-order valence-electron chi connectivity index (χ1n) is 11.7. The molecule has 4 aliphatic rings. The molecule has 2 aliphatic heterocycles. The highest BCUT2D eigenvalue weighted by molar-refractivity contribution is 5.94. The zero-order valence-electron chi connectivity index (χ0n) is 19.7. The number of hydrogen-bond acceptors (Lipinski definition) is 5. The third-order valence-corrected chi connectivity index (χ3v) is 8.39. The molecule has 0 radical (unpaired) electrons. The lowest BCUT2D eigenvalue weighted by atomic mass is 9.86. The Bertz CT molecular complexity index is 859. The van der Waals surface area contributed by atoms with Gasteiger partial charge in [0.1, 0.15) is 12.1 Å². The number of nitrogens with one attached hydrogen (secondary N) is 2. The Kier molecular flexibility index (Phi) is 5.16. The van der Waals surface area contributed by atoms with Crippen LogP contribution in [0.1, 0.15) is 60.3 Å². The predicted octanol–water partition coefficient (Wildman–Crippen LogP) is -0.128. The van der Waals surface area contributed by atoms with E-state index in [1.165, 1.54) is 0 Å². The molecule has 2 heterocycles. The number of primary amides is 1. The van der Waals surface area contributed by atoms with Gasteiger partial charge < -0.3 is 27.0 Å². The van der Waals surface area contributed by atoms with Gasteiger partial charge in [-0.3, -0.25) is 19.2 Å². The molecule has 2 saturated carbocycles. The van der Waals surface area contributed by atoms with Gasteiger partial charge in [-0.1, -0.05) is 34.6 Å². The van der Waals surface area contributed by atoms with Crippen molar-refractivity contribution in [3.8, 4) is 0 Å². The third-order valence-electron chi connectivity index (χ3n) is 8.39. The van der Waals surface area contributed by atoms with E-state index in [4.69, 9.17) is 11.5 Å². The van der Waals surface area contributed by atoms with Gasteiger partial charge in [-0.25, -0.2) is 0 Å². The van der Waals surface area contributed by atoms with Crippen molar-refractivity contribution in [3.63, 3.8) is 0 Å². The molecule has 9 heteroatoms. The molecule has 1 spiro atoms. The van der Waals surface area contributed by atoms with Gasteiger partial charge in [-0.2, -0.15) is 0 Å². The van der Waals surface area contributed by atoms with Gasteiger partial charge in [0.25, 0.3) is 0 Å². The van der Waals surface area contributed by atoms with Gasteiger partial charge in [-0.15, -0.1) is 0 Å². The van der Waals surface area contributed by atoms with Crippen LogP contribution in [-0.4, -0.2) is 58.7 Å². The molecule has 32 heavy (non-hydrogen) atoms. The Morgan fingerprint density at radius 3 is 2.38 bits per heavy atom. The summed E-state index contributed by atoms with van der Waals surface area (Å²) in [4.78, 5) is 52.7. The maximum Gasteiger partial charge on any atom is 0.243 e. The molecule has 0 bridgehead atoms. The van der Waals surface area contributed by atoms with Crippen LogP contribution in [0, 0.1) is 28.6 Å². The number of carbonyl (C=O) groups excluding carboxylic acids is 4. The second-order valence-corrected chi connectivity index (χ2v) is 12.1. The normalized spacial score (nSPS) is 33.3. The number of amides is 4. The van der Waals surface area contributed by atoms with E-state index in [1.807, 2.05) is 20.8 Å². The van der Waals surface area contributed by atoms with Crippen LogP contribution in [0.4, 0.5) is 0 Å². The molecule has 0 unspecified atom stereocenters. The van der Waals surface area contributed by atoms with Crippen LogP contribution in [0.25, 0.3) is 0 Å². The number of likely N-dealkylation sites (tertiary alicyclic amines) is 1. The summed E-state index contributed by atoms with van der Waals surface area (Å²) in [6, 6.07) is -2.38. The largest absolute Gasteiger partial charge is 0.368 e. The zero-order valence-corrected chi connectivity index (χ0v) is 19.7. The number of nitrogens with zero attached hydrogens (tertiary/aromatic N) is 1. The Morgan fingerprint density at radius 2 is 1.88 bits per heavy atom. The molecule has 2 aliphatic carbocycles. The van der Waals surface area contributed by atoms with Crippen molar-refractivity contribution in [2.45, 2.75) is 84.0 Å². The van der Waals surface area contributed by atoms with Gasteiger partial charge in [0.15, 0.2) is 0 Å². The second kappa shape index (κ2) is 7.17. The van der Waals surface area contributed by atoms with Gasteiger partial charge in [0.2, 0.25) is 23.6 Å². The van der Waals surface area contributed by atoms with Crippen molar-refractivity contribution >= 4 is 23.6 Å². The van der Waals surface area contributed by atoms with E-state index in [2.05, 4.69) is 24.5 Å². The Morgan fingerprint density at radius 1 is 1.25 bits per heavy atom. The van der Waals surface area contributed by atoms with Crippen LogP contribution in [0.15, 0.2) is 0 Å². The molecule has 0 aromatic heterocycles. The number of carbonyl (C=O) groups is 4. The minimum atomic E-state index is -0.957. The van der Waals surface area contributed by atoms with E-state index >= 15 is 0 Å². The SMILES string of the molecule is CC(C)(C)[C@H](N)C(=O)N1C[C@H]2[C@@H]([C@H]1C(=O)N[C@@H](C[C@@H]1CC3(CC3)NC1=O)C(N)=O)C2(C)C. The molecule has 6 N–H and O–H groups in total. The number of hydrogen-bond donors (Lipinski definition) is 4. The van der Waals surface area contributed by atoms with E-state index in [9.17, 15) is 19.2 Å². The Hall–Kier alpha value is -2.16. The van der Waals surface area contributed by atoms with Crippen LogP contribution in [0.5, 0.6) is 0 Å². The Balaban J connectivity index is 1.49. The number of rotatable bonds is 6. The fraction of sp³-hybridized carbons (Fsp3) is 0.826. The van der Waals surface area contributed by atoms with Gasteiger partial charge in [0.05, 0.1) is 6.04 Å². The summed E-state index contributed by atoms with van der Waals surface area (Å²) in [6.07, 6.45) is 2.74. The average molecular weight is 448 g/mol. The maximum atomic E-state index is 13.4. The zero-order chi connectivity index (χ0) is 23.8. The van der Waals surface area contributed by atoms with Crippen molar-refractivity contribution in [2.24, 2.45) is 40.1 Å². The molecule has 0 aromatic carbocycles. The summed E-state index contributed by atoms with van der Waals surface area (Å²) in [7, 11) is 0. The highest BCUT2D eigenvalue weighted by Crippen LogP contribution is 2.65. The van der Waals surface area contributed by atoms with E-state index < -0.39 is 29.4 Å². The van der Waals surface area contributed by atoms with E-state index in [0.717, 1.165) is 12.8 Å². The smallest absolute Gasteiger partial charge is 0.243 e. The lowest BCUT2D eigenvalue weighted by Gasteiger charge is -2.36. The topological polar surface area (TPSA) is 148 Å². The standard InChI is InChI=1S/C23H37N5O4/c1-21(2,3)16(24)20(32)28-10-12-14(22(12,4)5)15(28)19(31)26-13(17(25)29)8-11-9-23(6-7-23)27-18(11)30/h11-16H,6-10,24H2,1-5H3,(H2,25,29)(H,26,31)(H,27,30)/t11-,12+,13+,14+,15+,16-/m1/s1. The highest BCUT2D eigenvalue weighted by atomic mass is 16.2. The monoisotopic (exact) mass is 447 g/mol. The molecule has 2 saturated heterocycles. The van der Waals surface area contributed by atoms with Crippen molar-refractivity contribution in [2.75, 3.05) is 6.54 Å². The molecule has 4 fully saturated rings. The van der Waals surface area contributed by atoms with Crippen LogP contribution in [0.3, 0.4) is 0 Å². The van der Waals surface area contributed by atoms with Crippen LogP contribution < -0.4 is 22.1 Å². The molecule has 178 valence electrons. The summed E-state index contributed by atoms with van der Waals surface area (Å²) < 4.78 is 0. The third kappa shape index (κ3) is 3.78. The van der Waals surface area contributed by atoms with Crippen molar-refractivity contribution in [1.82, 2.24) is 15.5 Å². The van der Waals surface area contributed by atoms with Gasteiger partial charge >= 0.3 is 0 Å². The number of nitrogens with two attached hydrogens (primary N) is 2. The van der Waals surface area contributed by atoms with E-state index in [-0.39, 0.29) is 52.8 Å². The maximum absolute atomic E-state index is 13.4.